The number of nitrogens with one attached hydrogen (secondary N) is 1. The topological polar surface area (TPSA) is 89.4 Å². The summed E-state index contributed by atoms with van der Waals surface area (Å²) in [5.41, 5.74) is 1.46. The second kappa shape index (κ2) is 9.71. The van der Waals surface area contributed by atoms with Crippen molar-refractivity contribution in [1.82, 2.24) is 14.8 Å². The number of thioether (sulfide) groups is 1. The van der Waals surface area contributed by atoms with Crippen molar-refractivity contribution in [3.63, 3.8) is 0 Å². The number of rotatable bonds is 6. The number of carbonyl (C=O) groups is 2. The van der Waals surface area contributed by atoms with E-state index >= 15 is 0 Å². The number of carbonyl (C=O) groups excluding carboxylic acids is 2. The second-order valence-electron chi connectivity index (χ2n) is 8.07. The van der Waals surface area contributed by atoms with Crippen LogP contribution < -0.4 is 15.0 Å². The van der Waals surface area contributed by atoms with Gasteiger partial charge in [0.15, 0.2) is 17.6 Å². The molecular weight excluding hydrogens is 530 g/mol. The van der Waals surface area contributed by atoms with Crippen molar-refractivity contribution >= 4 is 61.7 Å². The quantitative estimate of drug-likeness (QED) is 0.341. The van der Waals surface area contributed by atoms with Crippen molar-refractivity contribution in [3.8, 4) is 5.75 Å². The number of nitrogens with zero attached hydrogens (tertiary/aromatic N) is 4. The van der Waals surface area contributed by atoms with Crippen LogP contribution in [-0.4, -0.2) is 38.9 Å². The van der Waals surface area contributed by atoms with Crippen molar-refractivity contribution in [3.05, 3.63) is 71.0 Å². The predicted molar refractivity (Wildman–Crippen MR) is 140 cm³/mol. The average Bonchev–Trinajstić information content (AvgIpc) is 3.24. The fourth-order valence-electron chi connectivity index (χ4n) is 4.17. The van der Waals surface area contributed by atoms with Crippen molar-refractivity contribution in [2.45, 2.75) is 18.1 Å². The Morgan fingerprint density at radius 3 is 2.69 bits per heavy atom. The van der Waals surface area contributed by atoms with Gasteiger partial charge in [0.25, 0.3) is 5.91 Å². The molecule has 2 amide bonds. The summed E-state index contributed by atoms with van der Waals surface area (Å²) in [7, 11) is 1.84. The zero-order valence-electron chi connectivity index (χ0n) is 19.1. The molecule has 8 nitrogen and oxygen atoms in total. The van der Waals surface area contributed by atoms with Gasteiger partial charge in [0.05, 0.1) is 17.5 Å². The first-order valence-corrected chi connectivity index (χ1v) is 12.7. The molecule has 0 bridgehead atoms. The van der Waals surface area contributed by atoms with Gasteiger partial charge < -0.3 is 14.6 Å². The summed E-state index contributed by atoms with van der Waals surface area (Å²) in [5, 5.41) is 14.2. The number of para-hydroxylation sites is 2. The molecule has 35 heavy (non-hydrogen) atoms. The van der Waals surface area contributed by atoms with E-state index in [1.165, 1.54) is 11.8 Å². The van der Waals surface area contributed by atoms with E-state index in [0.29, 0.717) is 22.4 Å². The fourth-order valence-corrected chi connectivity index (χ4v) is 5.36. The lowest BCUT2D eigenvalue weighted by Gasteiger charge is -2.33. The lowest BCUT2D eigenvalue weighted by atomic mass is 10.1. The van der Waals surface area contributed by atoms with E-state index in [2.05, 4.69) is 31.4 Å². The van der Waals surface area contributed by atoms with Crippen LogP contribution >= 0.6 is 27.7 Å². The van der Waals surface area contributed by atoms with Crippen molar-refractivity contribution < 1.29 is 14.3 Å². The molecule has 1 aliphatic rings. The van der Waals surface area contributed by atoms with E-state index in [-0.39, 0.29) is 30.2 Å². The number of anilines is 2. The Balaban J connectivity index is 1.29. The normalized spacial score (nSPS) is 13.9. The summed E-state index contributed by atoms with van der Waals surface area (Å²) in [6.07, 6.45) is 0. The van der Waals surface area contributed by atoms with Gasteiger partial charge in [-0.15, -0.1) is 10.2 Å². The summed E-state index contributed by atoms with van der Waals surface area (Å²) in [6, 6.07) is 18.8. The van der Waals surface area contributed by atoms with E-state index < -0.39 is 0 Å². The Kier molecular flexibility index (Phi) is 6.48. The maximum atomic E-state index is 12.7. The molecule has 10 heteroatoms. The van der Waals surface area contributed by atoms with Gasteiger partial charge in [0.1, 0.15) is 5.75 Å². The van der Waals surface area contributed by atoms with Gasteiger partial charge in [-0.1, -0.05) is 64.1 Å². The number of hydrogen-bond acceptors (Lipinski definition) is 6. The fraction of sp³-hybridized carbons (Fsp3) is 0.200. The predicted octanol–water partition coefficient (Wildman–Crippen LogP) is 4.95. The van der Waals surface area contributed by atoms with Gasteiger partial charge in [-0.2, -0.15) is 0 Å². The minimum Gasteiger partial charge on any atom is -0.482 e. The van der Waals surface area contributed by atoms with Crippen LogP contribution in [0.5, 0.6) is 5.75 Å². The van der Waals surface area contributed by atoms with Crippen molar-refractivity contribution in [2.24, 2.45) is 7.05 Å². The van der Waals surface area contributed by atoms with E-state index in [0.717, 1.165) is 20.9 Å². The minimum atomic E-state index is -0.359. The largest absolute Gasteiger partial charge is 0.482 e. The summed E-state index contributed by atoms with van der Waals surface area (Å²) < 4.78 is 8.35. The SMILES string of the molecule is C[C@@H](c1nnc(SCC(=O)Nc2ccc(Br)c3ccccc23)n1C)N1C(=O)COc2ccccc21. The zero-order chi connectivity index (χ0) is 24.5. The Hall–Kier alpha value is -3.37. The Bertz CT molecular complexity index is 1440. The van der Waals surface area contributed by atoms with Crippen LogP contribution in [0, 0.1) is 0 Å². The molecule has 4 aromatic rings. The van der Waals surface area contributed by atoms with E-state index in [4.69, 9.17) is 4.74 Å². The van der Waals surface area contributed by atoms with Crippen molar-refractivity contribution in [2.75, 3.05) is 22.6 Å². The summed E-state index contributed by atoms with van der Waals surface area (Å²) >= 11 is 4.85. The van der Waals surface area contributed by atoms with Crippen LogP contribution in [0.1, 0.15) is 18.8 Å². The number of ether oxygens (including phenoxy) is 1. The molecule has 1 N–H and O–H groups in total. The highest BCUT2D eigenvalue weighted by molar-refractivity contribution is 9.10. The number of aromatic nitrogens is 3. The van der Waals surface area contributed by atoms with Crippen LogP contribution in [0.4, 0.5) is 11.4 Å². The first-order valence-electron chi connectivity index (χ1n) is 11.0. The van der Waals surface area contributed by atoms with Crippen LogP contribution in [0.2, 0.25) is 0 Å². The van der Waals surface area contributed by atoms with Crippen LogP contribution in [0.15, 0.2) is 70.3 Å². The molecule has 1 atom stereocenters. The molecule has 0 saturated carbocycles. The standard InChI is InChI=1S/C25H22BrN5O3S/c1-15(31-20-9-5-6-10-21(20)34-13-23(31)33)24-28-29-25(30(24)2)35-14-22(32)27-19-12-11-18(26)16-7-3-4-8-17(16)19/h3-12,15H,13-14H2,1-2H3,(H,27,32)/t15-/m0/s1. The second-order valence-corrected chi connectivity index (χ2v) is 9.87. The van der Waals surface area contributed by atoms with Crippen LogP contribution in [-0.2, 0) is 16.6 Å². The van der Waals surface area contributed by atoms with Gasteiger partial charge in [-0.25, -0.2) is 0 Å². The van der Waals surface area contributed by atoms with Gasteiger partial charge in [0, 0.05) is 22.6 Å². The third-order valence-electron chi connectivity index (χ3n) is 5.85. The molecule has 1 aliphatic heterocycles. The first-order chi connectivity index (χ1) is 16.9. The average molecular weight is 552 g/mol. The van der Waals surface area contributed by atoms with Gasteiger partial charge in [-0.3, -0.25) is 14.5 Å². The highest BCUT2D eigenvalue weighted by Crippen LogP contribution is 2.37. The third kappa shape index (κ3) is 4.51. The molecule has 3 aromatic carbocycles. The molecule has 0 saturated heterocycles. The van der Waals surface area contributed by atoms with Gasteiger partial charge >= 0.3 is 0 Å². The maximum absolute atomic E-state index is 12.7. The Morgan fingerprint density at radius 1 is 1.11 bits per heavy atom. The Morgan fingerprint density at radius 2 is 1.86 bits per heavy atom. The van der Waals surface area contributed by atoms with E-state index in [1.807, 2.05) is 79.2 Å². The zero-order valence-corrected chi connectivity index (χ0v) is 21.5. The molecule has 1 aromatic heterocycles. The molecule has 2 heterocycles. The highest BCUT2D eigenvalue weighted by Gasteiger charge is 2.32. The summed E-state index contributed by atoms with van der Waals surface area (Å²) in [5.74, 6) is 1.17. The first kappa shape index (κ1) is 23.4. The molecule has 5 rings (SSSR count). The minimum absolute atomic E-state index is 0.0221. The lowest BCUT2D eigenvalue weighted by Crippen LogP contribution is -2.41. The van der Waals surface area contributed by atoms with Crippen LogP contribution in [0.3, 0.4) is 0 Å². The molecule has 0 fully saturated rings. The highest BCUT2D eigenvalue weighted by atomic mass is 79.9. The van der Waals surface area contributed by atoms with Gasteiger partial charge in [-0.05, 0) is 36.6 Å². The number of benzene rings is 3. The monoisotopic (exact) mass is 551 g/mol. The molecular formula is C25H22BrN5O3S. The van der Waals surface area contributed by atoms with Gasteiger partial charge in [0.2, 0.25) is 5.91 Å². The Labute approximate surface area is 214 Å². The third-order valence-corrected chi connectivity index (χ3v) is 7.56. The van der Waals surface area contributed by atoms with E-state index in [9.17, 15) is 9.59 Å². The number of hydrogen-bond donors (Lipinski definition) is 1. The van der Waals surface area contributed by atoms with Crippen LogP contribution in [0.25, 0.3) is 10.8 Å². The number of fused-ring (bicyclic) bond motifs is 2. The summed E-state index contributed by atoms with van der Waals surface area (Å²) in [4.78, 5) is 27.1. The molecule has 0 radical (unpaired) electrons. The number of amides is 2. The smallest absolute Gasteiger partial charge is 0.265 e. The molecule has 0 unspecified atom stereocenters. The summed E-state index contributed by atoms with van der Waals surface area (Å²) in [6.45, 7) is 1.88. The van der Waals surface area contributed by atoms with E-state index in [1.54, 1.807) is 4.90 Å². The number of halogens is 1. The maximum Gasteiger partial charge on any atom is 0.265 e. The lowest BCUT2D eigenvalue weighted by molar-refractivity contribution is -0.121. The molecule has 0 aliphatic carbocycles. The molecule has 178 valence electrons. The van der Waals surface area contributed by atoms with Crippen molar-refractivity contribution in [1.29, 1.82) is 0 Å². The molecule has 0 spiro atoms.